The Bertz CT molecular complexity index is 603. The van der Waals surface area contributed by atoms with Crippen LogP contribution in [0.1, 0.15) is 32.6 Å². The lowest BCUT2D eigenvalue weighted by Crippen LogP contribution is -2.44. The van der Waals surface area contributed by atoms with Crippen LogP contribution in [0.2, 0.25) is 0 Å². The van der Waals surface area contributed by atoms with Gasteiger partial charge in [0.05, 0.1) is 0 Å². The van der Waals surface area contributed by atoms with Crippen molar-refractivity contribution in [1.82, 2.24) is 5.32 Å². The van der Waals surface area contributed by atoms with E-state index in [1.807, 2.05) is 6.07 Å². The number of carbonyl (C=O) groups is 2. The molecule has 130 valence electrons. The average Bonchev–Trinajstić information content (AvgIpc) is 2.61. The highest BCUT2D eigenvalue weighted by atomic mass is 16.6. The fourth-order valence-corrected chi connectivity index (χ4v) is 3.14. The highest BCUT2D eigenvalue weighted by molar-refractivity contribution is 5.82. The Morgan fingerprint density at radius 1 is 1.21 bits per heavy atom. The van der Waals surface area contributed by atoms with Crippen LogP contribution in [-0.4, -0.2) is 37.2 Å². The van der Waals surface area contributed by atoms with Crippen molar-refractivity contribution in [3.05, 3.63) is 24.3 Å². The quantitative estimate of drug-likeness (QED) is 0.854. The Morgan fingerprint density at radius 2 is 1.96 bits per heavy atom. The molecule has 3 atom stereocenters. The standard InChI is InChI=1S/C18H23NO5/c1-12-6-2-3-7-13(12)19-17(20)11-23-18(21)16-10-22-14-8-4-5-9-15(14)24-16/h4-5,8-9,12-13,16H,2-3,6-7,10-11H2,1H3,(H,19,20). The van der Waals surface area contributed by atoms with Gasteiger partial charge in [0.2, 0.25) is 6.10 Å². The Kier molecular flexibility index (Phi) is 5.23. The Balaban J connectivity index is 1.45. The maximum Gasteiger partial charge on any atom is 0.351 e. The van der Waals surface area contributed by atoms with E-state index in [-0.39, 0.29) is 25.2 Å². The molecule has 0 radical (unpaired) electrons. The fraction of sp³-hybridized carbons (Fsp3) is 0.556. The molecule has 0 aromatic heterocycles. The molecule has 1 aromatic rings. The van der Waals surface area contributed by atoms with Crippen LogP contribution >= 0.6 is 0 Å². The van der Waals surface area contributed by atoms with Gasteiger partial charge in [-0.05, 0) is 30.9 Å². The van der Waals surface area contributed by atoms with Crippen LogP contribution in [-0.2, 0) is 14.3 Å². The SMILES string of the molecule is CC1CCCCC1NC(=O)COC(=O)C1COc2ccccc2O1. The summed E-state index contributed by atoms with van der Waals surface area (Å²) in [5, 5.41) is 2.95. The summed E-state index contributed by atoms with van der Waals surface area (Å²) in [6.45, 7) is 1.93. The lowest BCUT2D eigenvalue weighted by molar-refractivity contribution is -0.158. The van der Waals surface area contributed by atoms with E-state index in [1.54, 1.807) is 18.2 Å². The number of amides is 1. The number of nitrogens with one attached hydrogen (secondary N) is 1. The molecule has 1 fully saturated rings. The molecule has 6 nitrogen and oxygen atoms in total. The minimum Gasteiger partial charge on any atom is -0.485 e. The maximum absolute atomic E-state index is 12.1. The molecular formula is C18H23NO5. The summed E-state index contributed by atoms with van der Waals surface area (Å²) in [6.07, 6.45) is 3.60. The lowest BCUT2D eigenvalue weighted by atomic mass is 9.86. The van der Waals surface area contributed by atoms with Gasteiger partial charge in [-0.25, -0.2) is 4.79 Å². The largest absolute Gasteiger partial charge is 0.485 e. The van der Waals surface area contributed by atoms with E-state index in [9.17, 15) is 9.59 Å². The smallest absolute Gasteiger partial charge is 0.351 e. The predicted octanol–water partition coefficient (Wildman–Crippen LogP) is 2.06. The number of ether oxygens (including phenoxy) is 3. The molecular weight excluding hydrogens is 310 g/mol. The number of fused-ring (bicyclic) bond motifs is 1. The molecule has 1 aromatic carbocycles. The highest BCUT2D eigenvalue weighted by Crippen LogP contribution is 2.31. The van der Waals surface area contributed by atoms with Crippen LogP contribution in [0.5, 0.6) is 11.5 Å². The highest BCUT2D eigenvalue weighted by Gasteiger charge is 2.29. The second-order valence-electron chi connectivity index (χ2n) is 6.41. The van der Waals surface area contributed by atoms with Gasteiger partial charge in [-0.15, -0.1) is 0 Å². The number of esters is 1. The first-order valence-electron chi connectivity index (χ1n) is 8.48. The summed E-state index contributed by atoms with van der Waals surface area (Å²) in [7, 11) is 0. The van der Waals surface area contributed by atoms with Crippen molar-refractivity contribution in [2.75, 3.05) is 13.2 Å². The topological polar surface area (TPSA) is 73.9 Å². The molecule has 1 aliphatic carbocycles. The summed E-state index contributed by atoms with van der Waals surface area (Å²) < 4.78 is 16.1. The first kappa shape index (κ1) is 16.6. The number of hydrogen-bond donors (Lipinski definition) is 1. The molecule has 1 aliphatic heterocycles. The van der Waals surface area contributed by atoms with Crippen molar-refractivity contribution in [2.24, 2.45) is 5.92 Å². The van der Waals surface area contributed by atoms with Crippen LogP contribution in [0.25, 0.3) is 0 Å². The fourth-order valence-electron chi connectivity index (χ4n) is 3.14. The second-order valence-corrected chi connectivity index (χ2v) is 6.41. The van der Waals surface area contributed by atoms with Gasteiger partial charge >= 0.3 is 5.97 Å². The van der Waals surface area contributed by atoms with E-state index in [1.165, 1.54) is 6.42 Å². The zero-order valence-corrected chi connectivity index (χ0v) is 13.8. The molecule has 6 heteroatoms. The van der Waals surface area contributed by atoms with E-state index in [0.717, 1.165) is 19.3 Å². The monoisotopic (exact) mass is 333 g/mol. The van der Waals surface area contributed by atoms with E-state index >= 15 is 0 Å². The van der Waals surface area contributed by atoms with Crippen molar-refractivity contribution in [1.29, 1.82) is 0 Å². The van der Waals surface area contributed by atoms with E-state index in [2.05, 4.69) is 12.2 Å². The predicted molar refractivity (Wildman–Crippen MR) is 86.9 cm³/mol. The van der Waals surface area contributed by atoms with Gasteiger partial charge in [0.1, 0.15) is 6.61 Å². The molecule has 0 saturated heterocycles. The van der Waals surface area contributed by atoms with Gasteiger partial charge in [-0.3, -0.25) is 4.79 Å². The minimum atomic E-state index is -0.846. The third-order valence-corrected chi connectivity index (χ3v) is 4.57. The van der Waals surface area contributed by atoms with Gasteiger partial charge in [-0.1, -0.05) is 31.9 Å². The molecule has 2 aliphatic rings. The van der Waals surface area contributed by atoms with E-state index in [0.29, 0.717) is 17.4 Å². The molecule has 1 N–H and O–H groups in total. The molecule has 3 unspecified atom stereocenters. The van der Waals surface area contributed by atoms with Crippen LogP contribution in [0, 0.1) is 5.92 Å². The minimum absolute atomic E-state index is 0.0805. The maximum atomic E-state index is 12.1. The Hall–Kier alpha value is -2.24. The molecule has 1 saturated carbocycles. The van der Waals surface area contributed by atoms with Gasteiger partial charge in [0, 0.05) is 6.04 Å². The summed E-state index contributed by atoms with van der Waals surface area (Å²) in [6, 6.07) is 7.30. The average molecular weight is 333 g/mol. The first-order chi connectivity index (χ1) is 11.6. The van der Waals surface area contributed by atoms with Crippen molar-refractivity contribution in [3.63, 3.8) is 0 Å². The summed E-state index contributed by atoms with van der Waals surface area (Å²) in [5.74, 6) is 0.720. The van der Waals surface area contributed by atoms with Gasteiger partial charge in [0.15, 0.2) is 18.1 Å². The lowest BCUT2D eigenvalue weighted by Gasteiger charge is -2.29. The van der Waals surface area contributed by atoms with Crippen LogP contribution in [0.3, 0.4) is 0 Å². The zero-order valence-electron chi connectivity index (χ0n) is 13.8. The summed E-state index contributed by atoms with van der Waals surface area (Å²) in [5.41, 5.74) is 0. The van der Waals surface area contributed by atoms with Crippen LogP contribution < -0.4 is 14.8 Å². The molecule has 24 heavy (non-hydrogen) atoms. The normalized spacial score (nSPS) is 25.6. The number of hydrogen-bond acceptors (Lipinski definition) is 5. The number of para-hydroxylation sites is 2. The van der Waals surface area contributed by atoms with Crippen molar-refractivity contribution in [2.45, 2.75) is 44.8 Å². The second kappa shape index (κ2) is 7.55. The molecule has 3 rings (SSSR count). The van der Waals surface area contributed by atoms with Crippen molar-refractivity contribution < 1.29 is 23.8 Å². The van der Waals surface area contributed by atoms with Gasteiger partial charge in [0.25, 0.3) is 5.91 Å². The number of rotatable bonds is 4. The molecule has 0 spiro atoms. The summed E-state index contributed by atoms with van der Waals surface area (Å²) >= 11 is 0. The third kappa shape index (κ3) is 3.99. The zero-order chi connectivity index (χ0) is 16.9. The molecule has 1 amide bonds. The van der Waals surface area contributed by atoms with Gasteiger partial charge < -0.3 is 19.5 Å². The number of carbonyl (C=O) groups excluding carboxylic acids is 2. The third-order valence-electron chi connectivity index (χ3n) is 4.57. The van der Waals surface area contributed by atoms with Crippen LogP contribution in [0.15, 0.2) is 24.3 Å². The van der Waals surface area contributed by atoms with Crippen molar-refractivity contribution in [3.8, 4) is 11.5 Å². The van der Waals surface area contributed by atoms with Crippen molar-refractivity contribution >= 4 is 11.9 Å². The Morgan fingerprint density at radius 3 is 2.75 bits per heavy atom. The number of benzene rings is 1. The summed E-state index contributed by atoms with van der Waals surface area (Å²) in [4.78, 5) is 24.0. The van der Waals surface area contributed by atoms with E-state index < -0.39 is 12.1 Å². The molecule has 1 heterocycles. The van der Waals surface area contributed by atoms with Crippen LogP contribution in [0.4, 0.5) is 0 Å². The molecule has 0 bridgehead atoms. The van der Waals surface area contributed by atoms with E-state index in [4.69, 9.17) is 14.2 Å². The first-order valence-corrected chi connectivity index (χ1v) is 8.48. The van der Waals surface area contributed by atoms with Gasteiger partial charge in [-0.2, -0.15) is 0 Å². The Labute approximate surface area is 141 Å².